The third kappa shape index (κ3) is 5.59. The second-order valence-electron chi connectivity index (χ2n) is 7.80. The van der Waals surface area contributed by atoms with Crippen molar-refractivity contribution in [1.29, 1.82) is 0 Å². The molecule has 0 aliphatic heterocycles. The Bertz CT molecular complexity index is 1020. The van der Waals surface area contributed by atoms with Gasteiger partial charge < -0.3 is 34.0 Å². The maximum absolute atomic E-state index is 6.56. The van der Waals surface area contributed by atoms with Gasteiger partial charge in [0.15, 0.2) is 5.76 Å². The molecule has 0 amide bonds. The van der Waals surface area contributed by atoms with E-state index in [0.717, 1.165) is 17.1 Å². The van der Waals surface area contributed by atoms with Crippen molar-refractivity contribution in [3.63, 3.8) is 0 Å². The first-order valence-corrected chi connectivity index (χ1v) is 14.4. The minimum Gasteiger partial charge on any atom is -1.00 e. The van der Waals surface area contributed by atoms with Crippen LogP contribution in [0, 0.1) is 0 Å². The molecule has 1 aliphatic rings. The zero-order valence-electron chi connectivity index (χ0n) is 18.0. The van der Waals surface area contributed by atoms with Crippen molar-refractivity contribution >= 4 is 28.6 Å². The first kappa shape index (κ1) is 27.0. The van der Waals surface area contributed by atoms with Crippen LogP contribution in [0.1, 0.15) is 29.5 Å². The molecule has 0 fully saturated rings. The van der Waals surface area contributed by atoms with Gasteiger partial charge in [0.05, 0.1) is 7.11 Å². The van der Waals surface area contributed by atoms with E-state index in [-0.39, 0.29) is 30.7 Å². The van der Waals surface area contributed by atoms with Crippen LogP contribution < -0.4 is 24.8 Å². The van der Waals surface area contributed by atoms with Gasteiger partial charge in [0.2, 0.25) is 8.32 Å². The van der Waals surface area contributed by atoms with Gasteiger partial charge in [0.25, 0.3) is 0 Å². The molecule has 4 rings (SSSR count). The van der Waals surface area contributed by atoms with Gasteiger partial charge in [-0.05, 0) is 25.2 Å². The van der Waals surface area contributed by atoms with Crippen LogP contribution in [0.4, 0.5) is 0 Å². The molecule has 3 aromatic rings. The van der Waals surface area contributed by atoms with Crippen LogP contribution >= 0.6 is 0 Å². The van der Waals surface area contributed by atoms with Crippen molar-refractivity contribution in [2.75, 3.05) is 7.11 Å². The van der Waals surface area contributed by atoms with Crippen LogP contribution in [-0.4, -0.2) is 19.1 Å². The van der Waals surface area contributed by atoms with Crippen molar-refractivity contribution in [2.24, 2.45) is 0 Å². The van der Waals surface area contributed by atoms with E-state index in [4.69, 9.17) is 9.16 Å². The first-order chi connectivity index (χ1) is 13.4. The zero-order valence-corrected chi connectivity index (χ0v) is 23.0. The summed E-state index contributed by atoms with van der Waals surface area (Å²) in [7, 11) is -0.0379. The van der Waals surface area contributed by atoms with E-state index in [1.165, 1.54) is 46.1 Å². The number of fused-ring (bicyclic) bond motifs is 2. The molecular weight excluding hydrogens is 510 g/mol. The Morgan fingerprint density at radius 3 is 2.20 bits per heavy atom. The molecule has 158 valence electrons. The number of ether oxygens (including phenoxy) is 1. The molecular formula is C24H27Cl2O2SiZr-. The van der Waals surface area contributed by atoms with Gasteiger partial charge >= 0.3 is 34.9 Å². The van der Waals surface area contributed by atoms with E-state index in [9.17, 15) is 0 Å². The number of methoxy groups -OCH3 is 1. The van der Waals surface area contributed by atoms with Gasteiger partial charge in [-0.1, -0.05) is 30.3 Å². The molecule has 0 saturated carbocycles. The molecule has 0 spiro atoms. The van der Waals surface area contributed by atoms with E-state index in [1.54, 1.807) is 7.11 Å². The van der Waals surface area contributed by atoms with Gasteiger partial charge in [-0.25, -0.2) is 0 Å². The second-order valence-corrected chi connectivity index (χ2v) is 13.6. The maximum Gasteiger partial charge on any atom is -1.00 e. The number of hydrogen-bond acceptors (Lipinski definition) is 2. The van der Waals surface area contributed by atoms with Crippen molar-refractivity contribution in [3.05, 3.63) is 83.1 Å². The normalized spacial score (nSPS) is 14.7. The molecule has 0 heterocycles. The first-order valence-electron chi connectivity index (χ1n) is 9.57. The molecule has 1 unspecified atom stereocenters. The molecule has 30 heavy (non-hydrogen) atoms. The van der Waals surface area contributed by atoms with Gasteiger partial charge in [-0.15, -0.1) is 40.6 Å². The number of rotatable bonds is 4. The minimum absolute atomic E-state index is 0. The van der Waals surface area contributed by atoms with Crippen molar-refractivity contribution in [2.45, 2.75) is 32.5 Å². The summed E-state index contributed by atoms with van der Waals surface area (Å²) < 4.78 is 14.5. The summed E-state index contributed by atoms with van der Waals surface area (Å²) in [5.41, 5.74) is 3.71. The molecule has 6 heteroatoms. The standard InChI is InChI=1S/C22H23O2Si.C2H4.2ClH.Zr/c1-23-21-19-12-8-7-11-17(19)20(22(21)24-25(2,3)4)18-14-13-15-9-5-6-10-16(15)18;1-2;;;/h5-14,20H,1-4H3;1H,2H3;2*1H;/q-1;;;;+2/p-2. The summed E-state index contributed by atoms with van der Waals surface area (Å²) in [6, 6.07) is 21.5. The molecule has 0 aromatic heterocycles. The molecule has 1 aliphatic carbocycles. The van der Waals surface area contributed by atoms with E-state index in [1.807, 2.05) is 6.92 Å². The van der Waals surface area contributed by atoms with E-state index >= 15 is 0 Å². The fourth-order valence-corrected chi connectivity index (χ4v) is 4.61. The largest absolute Gasteiger partial charge is 1.00 e. The van der Waals surface area contributed by atoms with E-state index in [0.29, 0.717) is 0 Å². The average Bonchev–Trinajstić information content (AvgIpc) is 3.19. The van der Waals surface area contributed by atoms with Crippen LogP contribution in [0.25, 0.3) is 16.5 Å². The smallest absolute Gasteiger partial charge is 1.00 e. The molecule has 2 nitrogen and oxygen atoms in total. The Morgan fingerprint density at radius 2 is 1.57 bits per heavy atom. The van der Waals surface area contributed by atoms with Crippen LogP contribution in [0.15, 0.2) is 66.4 Å². The fraction of sp³-hybridized carbons (Fsp3) is 0.250. The Labute approximate surface area is 208 Å². The van der Waals surface area contributed by atoms with Crippen LogP contribution in [-0.2, 0) is 33.4 Å². The third-order valence-corrected chi connectivity index (χ3v) is 5.48. The molecule has 3 aromatic carbocycles. The van der Waals surface area contributed by atoms with Gasteiger partial charge in [-0.3, -0.25) is 0 Å². The number of allylic oxidation sites excluding steroid dienone is 1. The quantitative estimate of drug-likeness (QED) is 0.351. The van der Waals surface area contributed by atoms with Gasteiger partial charge in [-0.2, -0.15) is 6.07 Å². The third-order valence-electron chi connectivity index (χ3n) is 4.65. The van der Waals surface area contributed by atoms with Crippen LogP contribution in [0.5, 0.6) is 0 Å². The summed E-state index contributed by atoms with van der Waals surface area (Å²) in [6.07, 6.45) is 0. The van der Waals surface area contributed by atoms with Crippen molar-refractivity contribution in [3.8, 4) is 0 Å². The molecule has 0 bridgehead atoms. The van der Waals surface area contributed by atoms with Crippen LogP contribution in [0.2, 0.25) is 19.6 Å². The maximum atomic E-state index is 6.56. The molecule has 0 N–H and O–H groups in total. The summed E-state index contributed by atoms with van der Waals surface area (Å²) >= 11 is 1.51. The van der Waals surface area contributed by atoms with Crippen molar-refractivity contribution in [1.82, 2.24) is 0 Å². The number of hydrogen-bond donors (Lipinski definition) is 0. The minimum atomic E-state index is -1.78. The Balaban J connectivity index is 0.000000851. The predicted molar refractivity (Wildman–Crippen MR) is 118 cm³/mol. The van der Waals surface area contributed by atoms with Crippen LogP contribution in [0.3, 0.4) is 0 Å². The Morgan fingerprint density at radius 1 is 0.967 bits per heavy atom. The van der Waals surface area contributed by atoms with E-state index < -0.39 is 8.32 Å². The molecule has 1 atom stereocenters. The molecule has 0 radical (unpaired) electrons. The summed E-state index contributed by atoms with van der Waals surface area (Å²) in [4.78, 5) is 0. The van der Waals surface area contributed by atoms with Gasteiger partial charge in [0, 0.05) is 11.5 Å². The van der Waals surface area contributed by atoms with Crippen molar-refractivity contribution < 1.29 is 58.2 Å². The number of halogens is 2. The predicted octanol–water partition coefficient (Wildman–Crippen LogP) is 0.234. The summed E-state index contributed by atoms with van der Waals surface area (Å²) in [5, 5.41) is 2.56. The Kier molecular flexibility index (Phi) is 10.4. The monoisotopic (exact) mass is 535 g/mol. The molecule has 0 saturated heterocycles. The summed E-state index contributed by atoms with van der Waals surface area (Å²) in [6.45, 7) is 8.70. The topological polar surface area (TPSA) is 18.5 Å². The van der Waals surface area contributed by atoms with Gasteiger partial charge in [0.1, 0.15) is 5.76 Å². The fourth-order valence-electron chi connectivity index (χ4n) is 3.74. The summed E-state index contributed by atoms with van der Waals surface area (Å²) in [5.74, 6) is 1.95. The average molecular weight is 538 g/mol. The zero-order chi connectivity index (χ0) is 20.3. The van der Waals surface area contributed by atoms with E-state index in [2.05, 4.69) is 84.0 Å². The Hall–Kier alpha value is -1.06. The SMILES string of the molecule is COC1=C(O[Si](C)(C)C)C([c-]2ccc3ccccc32)c2ccccc21.C[CH]=[Zr+2].[Cl-].[Cl-]. The number of benzene rings is 2. The second kappa shape index (κ2) is 11.5.